The lowest BCUT2D eigenvalue weighted by molar-refractivity contribution is -0.122. The van der Waals surface area contributed by atoms with Gasteiger partial charge >= 0.3 is 6.03 Å². The SMILES string of the molecule is CC1=CC(C)(C(=O)Nc2ccc(F)cc2)CC(C)=C1NC(N)=O. The van der Waals surface area contributed by atoms with Gasteiger partial charge in [-0.1, -0.05) is 6.08 Å². The molecule has 1 aromatic carbocycles. The smallest absolute Gasteiger partial charge is 0.316 e. The molecule has 0 spiro atoms. The van der Waals surface area contributed by atoms with Gasteiger partial charge in [-0.25, -0.2) is 9.18 Å². The molecule has 0 aromatic heterocycles. The number of nitrogens with one attached hydrogen (secondary N) is 2. The average Bonchev–Trinajstić information content (AvgIpc) is 2.45. The monoisotopic (exact) mass is 317 g/mol. The van der Waals surface area contributed by atoms with Crippen LogP contribution in [0.4, 0.5) is 14.9 Å². The zero-order valence-electron chi connectivity index (χ0n) is 13.4. The van der Waals surface area contributed by atoms with Crippen LogP contribution in [0.2, 0.25) is 0 Å². The number of anilines is 1. The molecule has 0 saturated carbocycles. The van der Waals surface area contributed by atoms with Gasteiger partial charge in [0.05, 0.1) is 5.41 Å². The van der Waals surface area contributed by atoms with Crippen molar-refractivity contribution in [2.75, 3.05) is 5.32 Å². The molecular weight excluding hydrogens is 297 g/mol. The van der Waals surface area contributed by atoms with E-state index in [2.05, 4.69) is 10.6 Å². The Kier molecular flexibility index (Phi) is 4.54. The Morgan fingerprint density at radius 3 is 2.30 bits per heavy atom. The molecule has 0 radical (unpaired) electrons. The maximum atomic E-state index is 12.9. The summed E-state index contributed by atoms with van der Waals surface area (Å²) in [4.78, 5) is 23.7. The fourth-order valence-corrected chi connectivity index (χ4v) is 2.86. The van der Waals surface area contributed by atoms with Gasteiger partial charge in [-0.2, -0.15) is 0 Å². The zero-order valence-corrected chi connectivity index (χ0v) is 13.4. The Morgan fingerprint density at radius 1 is 1.17 bits per heavy atom. The van der Waals surface area contributed by atoms with Crippen LogP contribution >= 0.6 is 0 Å². The Balaban J connectivity index is 2.20. The molecule has 5 nitrogen and oxygen atoms in total. The minimum Gasteiger partial charge on any atom is -0.351 e. The van der Waals surface area contributed by atoms with Gasteiger partial charge in [0.25, 0.3) is 0 Å². The summed E-state index contributed by atoms with van der Waals surface area (Å²) in [5, 5.41) is 5.38. The topological polar surface area (TPSA) is 84.2 Å². The second-order valence-corrected chi connectivity index (χ2v) is 6.03. The van der Waals surface area contributed by atoms with Crippen molar-refractivity contribution in [3.05, 3.63) is 53.0 Å². The molecule has 1 aliphatic rings. The Morgan fingerprint density at radius 2 is 1.78 bits per heavy atom. The van der Waals surface area contributed by atoms with Crippen molar-refractivity contribution in [3.63, 3.8) is 0 Å². The Labute approximate surface area is 134 Å². The van der Waals surface area contributed by atoms with Crippen LogP contribution in [0.25, 0.3) is 0 Å². The number of hydrogen-bond acceptors (Lipinski definition) is 2. The lowest BCUT2D eigenvalue weighted by atomic mass is 9.76. The first-order chi connectivity index (χ1) is 10.7. The Bertz CT molecular complexity index is 707. The van der Waals surface area contributed by atoms with Crippen LogP contribution in [-0.2, 0) is 4.79 Å². The molecule has 0 aliphatic heterocycles. The quantitative estimate of drug-likeness (QED) is 0.800. The van der Waals surface area contributed by atoms with E-state index in [1.165, 1.54) is 24.3 Å². The largest absolute Gasteiger partial charge is 0.351 e. The fourth-order valence-electron chi connectivity index (χ4n) is 2.86. The molecule has 3 amide bonds. The van der Waals surface area contributed by atoms with Gasteiger partial charge in [0.2, 0.25) is 5.91 Å². The molecule has 1 atom stereocenters. The van der Waals surface area contributed by atoms with E-state index in [4.69, 9.17) is 5.73 Å². The third-order valence-electron chi connectivity index (χ3n) is 3.86. The van der Waals surface area contributed by atoms with Crippen molar-refractivity contribution >= 4 is 17.6 Å². The van der Waals surface area contributed by atoms with Crippen molar-refractivity contribution in [1.29, 1.82) is 0 Å². The highest BCUT2D eigenvalue weighted by molar-refractivity contribution is 5.97. The van der Waals surface area contributed by atoms with Crippen molar-refractivity contribution in [2.24, 2.45) is 11.1 Å². The highest BCUT2D eigenvalue weighted by Crippen LogP contribution is 2.37. The Hall–Kier alpha value is -2.63. The molecule has 1 aromatic rings. The fraction of sp³-hybridized carbons (Fsp3) is 0.294. The summed E-state index contributed by atoms with van der Waals surface area (Å²) in [5.74, 6) is -0.551. The van der Waals surface area contributed by atoms with Crippen LogP contribution < -0.4 is 16.4 Å². The zero-order chi connectivity index (χ0) is 17.2. The van der Waals surface area contributed by atoms with Crippen LogP contribution in [0, 0.1) is 11.2 Å². The van der Waals surface area contributed by atoms with Crippen LogP contribution in [0.1, 0.15) is 27.2 Å². The number of amides is 3. The molecule has 1 aliphatic carbocycles. The molecule has 122 valence electrons. The molecule has 2 rings (SSSR count). The highest BCUT2D eigenvalue weighted by atomic mass is 19.1. The van der Waals surface area contributed by atoms with Gasteiger partial charge < -0.3 is 16.4 Å². The lowest BCUT2D eigenvalue weighted by Gasteiger charge is -2.32. The van der Waals surface area contributed by atoms with E-state index in [9.17, 15) is 14.0 Å². The molecule has 0 fully saturated rings. The average molecular weight is 317 g/mol. The van der Waals surface area contributed by atoms with Gasteiger partial charge in [0.15, 0.2) is 0 Å². The minimum absolute atomic E-state index is 0.194. The first-order valence-corrected chi connectivity index (χ1v) is 7.24. The van der Waals surface area contributed by atoms with E-state index in [1.807, 2.05) is 26.8 Å². The third kappa shape index (κ3) is 3.77. The molecule has 1 unspecified atom stereocenters. The first kappa shape index (κ1) is 16.7. The normalized spacial score (nSPS) is 20.8. The third-order valence-corrected chi connectivity index (χ3v) is 3.86. The summed E-state index contributed by atoms with van der Waals surface area (Å²) < 4.78 is 12.9. The predicted molar refractivity (Wildman–Crippen MR) is 86.9 cm³/mol. The molecule has 6 heteroatoms. The summed E-state index contributed by atoms with van der Waals surface area (Å²) in [5.41, 5.74) is 7.26. The number of primary amides is 1. The summed E-state index contributed by atoms with van der Waals surface area (Å²) in [7, 11) is 0. The van der Waals surface area contributed by atoms with Crippen molar-refractivity contribution in [2.45, 2.75) is 27.2 Å². The number of carbonyl (C=O) groups is 2. The second-order valence-electron chi connectivity index (χ2n) is 6.03. The maximum Gasteiger partial charge on any atom is 0.316 e. The number of benzene rings is 1. The van der Waals surface area contributed by atoms with Gasteiger partial charge in [-0.05, 0) is 62.6 Å². The predicted octanol–water partition coefficient (Wildman–Crippen LogP) is 3.06. The van der Waals surface area contributed by atoms with Crippen LogP contribution in [-0.4, -0.2) is 11.9 Å². The van der Waals surface area contributed by atoms with Crippen LogP contribution in [0.3, 0.4) is 0 Å². The molecular formula is C17H20FN3O2. The molecule has 23 heavy (non-hydrogen) atoms. The lowest BCUT2D eigenvalue weighted by Crippen LogP contribution is -2.37. The highest BCUT2D eigenvalue weighted by Gasteiger charge is 2.35. The van der Waals surface area contributed by atoms with E-state index < -0.39 is 11.4 Å². The summed E-state index contributed by atoms with van der Waals surface area (Å²) in [6.07, 6.45) is 2.26. The first-order valence-electron chi connectivity index (χ1n) is 7.24. The summed E-state index contributed by atoms with van der Waals surface area (Å²) in [6.45, 7) is 5.49. The number of allylic oxidation sites excluding steroid dienone is 2. The number of urea groups is 1. The van der Waals surface area contributed by atoms with Gasteiger partial charge in [-0.3, -0.25) is 4.79 Å². The van der Waals surface area contributed by atoms with Crippen molar-refractivity contribution < 1.29 is 14.0 Å². The number of carbonyl (C=O) groups excluding carboxylic acids is 2. The van der Waals surface area contributed by atoms with Crippen molar-refractivity contribution in [1.82, 2.24) is 5.32 Å². The van der Waals surface area contributed by atoms with E-state index in [0.717, 1.165) is 11.1 Å². The number of nitrogens with two attached hydrogens (primary N) is 1. The van der Waals surface area contributed by atoms with E-state index >= 15 is 0 Å². The van der Waals surface area contributed by atoms with E-state index in [1.54, 1.807) is 0 Å². The molecule has 0 saturated heterocycles. The molecule has 4 N–H and O–H groups in total. The maximum absolute atomic E-state index is 12.9. The molecule has 0 bridgehead atoms. The van der Waals surface area contributed by atoms with E-state index in [0.29, 0.717) is 17.8 Å². The second kappa shape index (κ2) is 6.24. The number of hydrogen-bond donors (Lipinski definition) is 3. The van der Waals surface area contributed by atoms with Crippen LogP contribution in [0.15, 0.2) is 47.2 Å². The van der Waals surface area contributed by atoms with Gasteiger partial charge in [-0.15, -0.1) is 0 Å². The minimum atomic E-state index is -0.759. The van der Waals surface area contributed by atoms with Crippen LogP contribution in [0.5, 0.6) is 0 Å². The summed E-state index contributed by atoms with van der Waals surface area (Å²) >= 11 is 0. The standard InChI is InChI=1S/C17H20FN3O2/c1-10-8-17(3,9-11(2)14(10)21-16(19)23)15(22)20-13-6-4-12(18)5-7-13/h4-8H,9H2,1-3H3,(H,20,22)(H3,19,21,23). The van der Waals surface area contributed by atoms with Gasteiger partial charge in [0, 0.05) is 11.4 Å². The summed E-state index contributed by atoms with van der Waals surface area (Å²) in [6, 6.07) is 4.98. The van der Waals surface area contributed by atoms with E-state index in [-0.39, 0.29) is 11.7 Å². The molecule has 0 heterocycles. The number of halogens is 1. The van der Waals surface area contributed by atoms with Gasteiger partial charge in [0.1, 0.15) is 5.82 Å². The van der Waals surface area contributed by atoms with Crippen molar-refractivity contribution in [3.8, 4) is 0 Å². The number of rotatable bonds is 3.